The van der Waals surface area contributed by atoms with Crippen molar-refractivity contribution in [3.05, 3.63) is 51.4 Å². The van der Waals surface area contributed by atoms with E-state index >= 15 is 0 Å². The average molecular weight is 462 g/mol. The Hall–Kier alpha value is -1.67. The minimum absolute atomic E-state index is 0.0616. The molecule has 3 aromatic rings. The number of fused-ring (bicyclic) bond motifs is 1. The molecule has 0 bridgehead atoms. The molecule has 1 atom stereocenters. The van der Waals surface area contributed by atoms with Gasteiger partial charge < -0.3 is 14.8 Å². The standard InChI is InChI=1S/C21H24BrN3O2S/c1-26-17-12-14(15(22)13-18(17)27-2)20(25-10-5-8-23-9-11-25)21-24-16-6-3-4-7-19(16)28-21/h3-4,6-7,12-13,20,23H,5,8-11H2,1-2H3. The van der Waals surface area contributed by atoms with Crippen molar-refractivity contribution in [1.29, 1.82) is 0 Å². The van der Waals surface area contributed by atoms with Crippen LogP contribution in [0, 0.1) is 0 Å². The molecule has 28 heavy (non-hydrogen) atoms. The second kappa shape index (κ2) is 8.78. The number of hydrogen-bond acceptors (Lipinski definition) is 6. The van der Waals surface area contributed by atoms with E-state index < -0.39 is 0 Å². The first-order chi connectivity index (χ1) is 13.7. The Morgan fingerprint density at radius 3 is 2.68 bits per heavy atom. The molecule has 1 saturated heterocycles. The Morgan fingerprint density at radius 1 is 1.11 bits per heavy atom. The molecular formula is C21H24BrN3O2S. The minimum atomic E-state index is 0.0616. The fraction of sp³-hybridized carbons (Fsp3) is 0.381. The first kappa shape index (κ1) is 19.6. The minimum Gasteiger partial charge on any atom is -0.493 e. The van der Waals surface area contributed by atoms with Gasteiger partial charge >= 0.3 is 0 Å². The van der Waals surface area contributed by atoms with Gasteiger partial charge in [-0.2, -0.15) is 0 Å². The van der Waals surface area contributed by atoms with E-state index in [2.05, 4.69) is 50.4 Å². The average Bonchev–Trinajstić information content (AvgIpc) is 2.96. The molecule has 148 valence electrons. The third-order valence-electron chi connectivity index (χ3n) is 5.08. The van der Waals surface area contributed by atoms with Crippen molar-refractivity contribution in [3.63, 3.8) is 0 Å². The Bertz CT molecular complexity index is 921. The molecule has 2 heterocycles. The van der Waals surface area contributed by atoms with E-state index in [0.717, 1.165) is 64.7 Å². The molecule has 1 fully saturated rings. The van der Waals surface area contributed by atoms with Crippen molar-refractivity contribution in [2.45, 2.75) is 12.5 Å². The van der Waals surface area contributed by atoms with Gasteiger partial charge in [-0.3, -0.25) is 4.90 Å². The van der Waals surface area contributed by atoms with Crippen molar-refractivity contribution in [2.24, 2.45) is 0 Å². The van der Waals surface area contributed by atoms with Crippen LogP contribution in [-0.4, -0.2) is 50.3 Å². The third-order valence-corrected chi connectivity index (χ3v) is 6.86. The summed E-state index contributed by atoms with van der Waals surface area (Å²) in [5.74, 6) is 1.46. The van der Waals surface area contributed by atoms with Crippen molar-refractivity contribution in [2.75, 3.05) is 40.4 Å². The first-order valence-electron chi connectivity index (χ1n) is 9.43. The number of methoxy groups -OCH3 is 2. The Balaban J connectivity index is 1.85. The molecule has 0 amide bonds. The number of halogens is 1. The van der Waals surface area contributed by atoms with Crippen LogP contribution < -0.4 is 14.8 Å². The highest BCUT2D eigenvalue weighted by molar-refractivity contribution is 9.10. The van der Waals surface area contributed by atoms with E-state index in [9.17, 15) is 0 Å². The predicted octanol–water partition coefficient (Wildman–Crippen LogP) is 4.46. The fourth-order valence-electron chi connectivity index (χ4n) is 3.70. The van der Waals surface area contributed by atoms with E-state index in [4.69, 9.17) is 14.5 Å². The molecule has 1 aliphatic rings. The molecule has 0 radical (unpaired) electrons. The molecule has 0 saturated carbocycles. The molecule has 1 N–H and O–H groups in total. The van der Waals surface area contributed by atoms with Gasteiger partial charge in [-0.25, -0.2) is 4.98 Å². The summed E-state index contributed by atoms with van der Waals surface area (Å²) in [6.07, 6.45) is 1.12. The topological polar surface area (TPSA) is 46.6 Å². The lowest BCUT2D eigenvalue weighted by molar-refractivity contribution is 0.239. The van der Waals surface area contributed by atoms with Gasteiger partial charge in [0.2, 0.25) is 0 Å². The van der Waals surface area contributed by atoms with Crippen molar-refractivity contribution in [1.82, 2.24) is 15.2 Å². The molecule has 7 heteroatoms. The van der Waals surface area contributed by atoms with Gasteiger partial charge in [-0.1, -0.05) is 28.1 Å². The van der Waals surface area contributed by atoms with Gasteiger partial charge in [0, 0.05) is 24.1 Å². The summed E-state index contributed by atoms with van der Waals surface area (Å²) in [6, 6.07) is 12.5. The van der Waals surface area contributed by atoms with Gasteiger partial charge in [-0.15, -0.1) is 11.3 Å². The zero-order valence-corrected chi connectivity index (χ0v) is 18.5. The highest BCUT2D eigenvalue weighted by Crippen LogP contribution is 2.42. The Kier molecular flexibility index (Phi) is 6.16. The lowest BCUT2D eigenvalue weighted by Gasteiger charge is -2.30. The van der Waals surface area contributed by atoms with Crippen LogP contribution in [0.2, 0.25) is 0 Å². The molecule has 0 aliphatic carbocycles. The summed E-state index contributed by atoms with van der Waals surface area (Å²) in [7, 11) is 3.34. The van der Waals surface area contributed by atoms with Crippen molar-refractivity contribution < 1.29 is 9.47 Å². The lowest BCUT2D eigenvalue weighted by Crippen LogP contribution is -2.33. The number of nitrogens with zero attached hydrogens (tertiary/aromatic N) is 2. The molecule has 1 aliphatic heterocycles. The summed E-state index contributed by atoms with van der Waals surface area (Å²) in [4.78, 5) is 7.52. The number of benzene rings is 2. The van der Waals surface area contributed by atoms with Crippen molar-refractivity contribution in [3.8, 4) is 11.5 Å². The maximum Gasteiger partial charge on any atom is 0.161 e. The summed E-state index contributed by atoms with van der Waals surface area (Å²) in [5, 5.41) is 4.61. The zero-order valence-electron chi connectivity index (χ0n) is 16.1. The SMILES string of the molecule is COc1cc(Br)c(C(c2nc3ccccc3s2)N2CCCNCC2)cc1OC. The lowest BCUT2D eigenvalue weighted by atomic mass is 10.0. The van der Waals surface area contributed by atoms with Crippen LogP contribution in [0.3, 0.4) is 0 Å². The number of nitrogens with one attached hydrogen (secondary N) is 1. The molecule has 0 spiro atoms. The number of rotatable bonds is 5. The number of aromatic nitrogens is 1. The summed E-state index contributed by atoms with van der Waals surface area (Å²) < 4.78 is 13.3. The maximum absolute atomic E-state index is 5.60. The van der Waals surface area contributed by atoms with Crippen LogP contribution in [0.5, 0.6) is 11.5 Å². The van der Waals surface area contributed by atoms with Crippen LogP contribution in [-0.2, 0) is 0 Å². The summed E-state index contributed by atoms with van der Waals surface area (Å²) in [5.41, 5.74) is 2.20. The van der Waals surface area contributed by atoms with Crippen LogP contribution >= 0.6 is 27.3 Å². The summed E-state index contributed by atoms with van der Waals surface area (Å²) >= 11 is 5.54. The van der Waals surface area contributed by atoms with Gasteiger partial charge in [0.1, 0.15) is 5.01 Å². The zero-order chi connectivity index (χ0) is 19.5. The molecule has 1 unspecified atom stereocenters. The second-order valence-electron chi connectivity index (χ2n) is 6.79. The quantitative estimate of drug-likeness (QED) is 0.607. The second-order valence-corrected chi connectivity index (χ2v) is 8.71. The van der Waals surface area contributed by atoms with Gasteiger partial charge in [0.15, 0.2) is 11.5 Å². The van der Waals surface area contributed by atoms with Gasteiger partial charge in [-0.05, 0) is 42.8 Å². The van der Waals surface area contributed by atoms with E-state index in [-0.39, 0.29) is 6.04 Å². The van der Waals surface area contributed by atoms with Crippen LogP contribution in [0.4, 0.5) is 0 Å². The molecule has 5 nitrogen and oxygen atoms in total. The van der Waals surface area contributed by atoms with Crippen molar-refractivity contribution >= 4 is 37.5 Å². The maximum atomic E-state index is 5.60. The van der Waals surface area contributed by atoms with E-state index in [1.807, 2.05) is 12.1 Å². The Labute approximate surface area is 177 Å². The predicted molar refractivity (Wildman–Crippen MR) is 118 cm³/mol. The van der Waals surface area contributed by atoms with Crippen LogP contribution in [0.15, 0.2) is 40.9 Å². The largest absolute Gasteiger partial charge is 0.493 e. The monoisotopic (exact) mass is 461 g/mol. The summed E-state index contributed by atoms with van der Waals surface area (Å²) in [6.45, 7) is 4.03. The van der Waals surface area contributed by atoms with E-state index in [0.29, 0.717) is 0 Å². The Morgan fingerprint density at radius 2 is 1.89 bits per heavy atom. The molecule has 1 aromatic heterocycles. The number of para-hydroxylation sites is 1. The van der Waals surface area contributed by atoms with Crippen LogP contribution in [0.25, 0.3) is 10.2 Å². The number of hydrogen-bond donors (Lipinski definition) is 1. The first-order valence-corrected chi connectivity index (χ1v) is 11.0. The number of ether oxygens (including phenoxy) is 2. The molecule has 2 aromatic carbocycles. The molecular weight excluding hydrogens is 438 g/mol. The third kappa shape index (κ3) is 3.89. The van der Waals surface area contributed by atoms with Crippen LogP contribution in [0.1, 0.15) is 23.0 Å². The van der Waals surface area contributed by atoms with E-state index in [1.165, 1.54) is 4.70 Å². The number of thiazole rings is 1. The smallest absolute Gasteiger partial charge is 0.161 e. The van der Waals surface area contributed by atoms with Gasteiger partial charge in [0.25, 0.3) is 0 Å². The fourth-order valence-corrected chi connectivity index (χ4v) is 5.36. The van der Waals surface area contributed by atoms with E-state index in [1.54, 1.807) is 25.6 Å². The highest BCUT2D eigenvalue weighted by atomic mass is 79.9. The normalized spacial score (nSPS) is 16.7. The highest BCUT2D eigenvalue weighted by Gasteiger charge is 2.29. The van der Waals surface area contributed by atoms with Gasteiger partial charge in [0.05, 0.1) is 30.5 Å². The molecule has 4 rings (SSSR count).